The third kappa shape index (κ3) is 5.19. The van der Waals surface area contributed by atoms with Crippen LogP contribution in [0, 0.1) is 0 Å². The summed E-state index contributed by atoms with van der Waals surface area (Å²) in [5.41, 5.74) is 0. The lowest BCUT2D eigenvalue weighted by Crippen LogP contribution is -2.36. The van der Waals surface area contributed by atoms with Gasteiger partial charge in [0.2, 0.25) is 0 Å². The molecule has 110 valence electrons. The Morgan fingerprint density at radius 3 is 2.70 bits per heavy atom. The fourth-order valence-electron chi connectivity index (χ4n) is 2.00. The predicted octanol–water partition coefficient (Wildman–Crippen LogP) is 4.46. The third-order valence-electron chi connectivity index (χ3n) is 3.17. The van der Waals surface area contributed by atoms with Gasteiger partial charge in [0.25, 0.3) is 0 Å². The second kappa shape index (κ2) is 8.15. The first-order valence-electron chi connectivity index (χ1n) is 6.86. The maximum Gasteiger partial charge on any atom is 0.0931 e. The molecule has 0 atom stereocenters. The van der Waals surface area contributed by atoms with Crippen molar-refractivity contribution >= 4 is 34.3 Å². The van der Waals surface area contributed by atoms with Gasteiger partial charge in [-0.05, 0) is 37.4 Å². The van der Waals surface area contributed by atoms with E-state index in [0.29, 0.717) is 6.04 Å². The average Bonchev–Trinajstić information content (AvgIpc) is 3.04. The molecular formula is C15H21ClN2S2. The molecule has 0 unspecified atom stereocenters. The van der Waals surface area contributed by atoms with Crippen LogP contribution >= 0.6 is 34.3 Å². The van der Waals surface area contributed by atoms with Crippen molar-refractivity contribution in [2.45, 2.75) is 33.0 Å². The minimum Gasteiger partial charge on any atom is -0.311 e. The second-order valence-corrected chi connectivity index (χ2v) is 7.86. The highest BCUT2D eigenvalue weighted by Crippen LogP contribution is 2.21. The number of hydrogen-bond donors (Lipinski definition) is 1. The van der Waals surface area contributed by atoms with E-state index in [9.17, 15) is 0 Å². The molecule has 2 heterocycles. The van der Waals surface area contributed by atoms with E-state index in [4.69, 9.17) is 11.6 Å². The minimum absolute atomic E-state index is 0.565. The van der Waals surface area contributed by atoms with Gasteiger partial charge in [-0.15, -0.1) is 22.7 Å². The topological polar surface area (TPSA) is 15.3 Å². The molecule has 0 bridgehead atoms. The SMILES string of the molecule is CC(C)N(CCNCc1ccc(Cl)s1)Cc1cccs1. The minimum atomic E-state index is 0.565. The molecule has 0 saturated carbocycles. The van der Waals surface area contributed by atoms with Gasteiger partial charge in [-0.1, -0.05) is 17.7 Å². The van der Waals surface area contributed by atoms with Crippen molar-refractivity contribution in [1.82, 2.24) is 10.2 Å². The molecule has 20 heavy (non-hydrogen) atoms. The largest absolute Gasteiger partial charge is 0.311 e. The zero-order chi connectivity index (χ0) is 14.4. The number of nitrogens with one attached hydrogen (secondary N) is 1. The molecular weight excluding hydrogens is 308 g/mol. The quantitative estimate of drug-likeness (QED) is 0.719. The van der Waals surface area contributed by atoms with E-state index in [2.05, 4.69) is 47.6 Å². The maximum absolute atomic E-state index is 5.93. The molecule has 0 spiro atoms. The van der Waals surface area contributed by atoms with E-state index >= 15 is 0 Å². The fourth-order valence-corrected chi connectivity index (χ4v) is 3.79. The molecule has 0 aliphatic heterocycles. The molecule has 2 nitrogen and oxygen atoms in total. The van der Waals surface area contributed by atoms with Crippen molar-refractivity contribution in [3.63, 3.8) is 0 Å². The van der Waals surface area contributed by atoms with Crippen LogP contribution in [0.2, 0.25) is 4.34 Å². The van der Waals surface area contributed by atoms with Crippen LogP contribution in [-0.4, -0.2) is 24.0 Å². The molecule has 0 aromatic carbocycles. The van der Waals surface area contributed by atoms with Gasteiger partial charge in [0.15, 0.2) is 0 Å². The zero-order valence-electron chi connectivity index (χ0n) is 11.9. The van der Waals surface area contributed by atoms with E-state index < -0.39 is 0 Å². The summed E-state index contributed by atoms with van der Waals surface area (Å²) in [5.74, 6) is 0. The van der Waals surface area contributed by atoms with Crippen LogP contribution in [0.15, 0.2) is 29.6 Å². The third-order valence-corrected chi connectivity index (χ3v) is 5.27. The lowest BCUT2D eigenvalue weighted by Gasteiger charge is -2.26. The van der Waals surface area contributed by atoms with Crippen LogP contribution in [0.4, 0.5) is 0 Å². The molecule has 0 aliphatic carbocycles. The summed E-state index contributed by atoms with van der Waals surface area (Å²) in [6.07, 6.45) is 0. The van der Waals surface area contributed by atoms with Crippen LogP contribution in [0.25, 0.3) is 0 Å². The van der Waals surface area contributed by atoms with Crippen molar-refractivity contribution in [2.75, 3.05) is 13.1 Å². The Kier molecular flexibility index (Phi) is 6.52. The summed E-state index contributed by atoms with van der Waals surface area (Å²) in [6.45, 7) is 8.53. The molecule has 2 rings (SSSR count). The van der Waals surface area contributed by atoms with Gasteiger partial charge in [0, 0.05) is 42.0 Å². The van der Waals surface area contributed by atoms with Gasteiger partial charge in [0.05, 0.1) is 4.34 Å². The fraction of sp³-hybridized carbons (Fsp3) is 0.467. The summed E-state index contributed by atoms with van der Waals surface area (Å²) in [5, 5.41) is 5.64. The van der Waals surface area contributed by atoms with E-state index in [0.717, 1.165) is 30.5 Å². The molecule has 0 radical (unpaired) electrons. The summed E-state index contributed by atoms with van der Waals surface area (Å²) in [6, 6.07) is 8.94. The highest BCUT2D eigenvalue weighted by Gasteiger charge is 2.10. The van der Waals surface area contributed by atoms with Crippen LogP contribution in [0.3, 0.4) is 0 Å². The Labute approximate surface area is 134 Å². The molecule has 2 aromatic rings. The molecule has 0 fully saturated rings. The summed E-state index contributed by atoms with van der Waals surface area (Å²) < 4.78 is 0.864. The van der Waals surface area contributed by atoms with Crippen LogP contribution < -0.4 is 5.32 Å². The Balaban J connectivity index is 1.72. The number of hydrogen-bond acceptors (Lipinski definition) is 4. The van der Waals surface area contributed by atoms with Gasteiger partial charge in [0.1, 0.15) is 0 Å². The van der Waals surface area contributed by atoms with Crippen molar-refractivity contribution < 1.29 is 0 Å². The van der Waals surface area contributed by atoms with Crippen LogP contribution in [-0.2, 0) is 13.1 Å². The summed E-state index contributed by atoms with van der Waals surface area (Å²) >= 11 is 9.41. The molecule has 0 amide bonds. The van der Waals surface area contributed by atoms with Crippen molar-refractivity contribution in [2.24, 2.45) is 0 Å². The zero-order valence-corrected chi connectivity index (χ0v) is 14.3. The average molecular weight is 329 g/mol. The number of halogens is 1. The number of nitrogens with zero attached hydrogens (tertiary/aromatic N) is 1. The first-order valence-corrected chi connectivity index (χ1v) is 8.94. The van der Waals surface area contributed by atoms with Gasteiger partial charge >= 0.3 is 0 Å². The lowest BCUT2D eigenvalue weighted by atomic mass is 10.3. The Bertz CT molecular complexity index is 494. The highest BCUT2D eigenvalue weighted by atomic mass is 35.5. The summed E-state index contributed by atoms with van der Waals surface area (Å²) in [4.78, 5) is 5.23. The van der Waals surface area contributed by atoms with Crippen molar-refractivity contribution in [3.8, 4) is 0 Å². The number of rotatable bonds is 8. The van der Waals surface area contributed by atoms with Crippen LogP contribution in [0.1, 0.15) is 23.6 Å². The number of thiophene rings is 2. The molecule has 1 N–H and O–H groups in total. The summed E-state index contributed by atoms with van der Waals surface area (Å²) in [7, 11) is 0. The Morgan fingerprint density at radius 2 is 2.10 bits per heavy atom. The maximum atomic E-state index is 5.93. The lowest BCUT2D eigenvalue weighted by molar-refractivity contribution is 0.215. The van der Waals surface area contributed by atoms with Crippen molar-refractivity contribution in [3.05, 3.63) is 43.7 Å². The first kappa shape index (κ1) is 16.0. The monoisotopic (exact) mass is 328 g/mol. The van der Waals surface area contributed by atoms with Gasteiger partial charge in [-0.2, -0.15) is 0 Å². The molecule has 0 aliphatic rings. The Morgan fingerprint density at radius 1 is 1.25 bits per heavy atom. The van der Waals surface area contributed by atoms with Crippen molar-refractivity contribution in [1.29, 1.82) is 0 Å². The Hall–Kier alpha value is -0.390. The predicted molar refractivity (Wildman–Crippen MR) is 90.9 cm³/mol. The molecule has 0 saturated heterocycles. The van der Waals surface area contributed by atoms with Gasteiger partial charge in [-0.25, -0.2) is 0 Å². The first-order chi connectivity index (χ1) is 9.65. The van der Waals surface area contributed by atoms with E-state index in [1.54, 1.807) is 11.3 Å². The van der Waals surface area contributed by atoms with E-state index in [-0.39, 0.29) is 0 Å². The smallest absolute Gasteiger partial charge is 0.0931 e. The normalized spacial score (nSPS) is 11.7. The van der Waals surface area contributed by atoms with E-state index in [1.165, 1.54) is 9.75 Å². The van der Waals surface area contributed by atoms with Crippen LogP contribution in [0.5, 0.6) is 0 Å². The molecule has 2 aromatic heterocycles. The molecule has 5 heteroatoms. The standard InChI is InChI=1S/C15H21ClN2S2/c1-12(2)18(11-14-4-3-9-19-14)8-7-17-10-13-5-6-15(16)20-13/h3-6,9,12,17H,7-8,10-11H2,1-2H3. The van der Waals surface area contributed by atoms with Gasteiger partial charge < -0.3 is 5.32 Å². The highest BCUT2D eigenvalue weighted by molar-refractivity contribution is 7.16. The second-order valence-electron chi connectivity index (χ2n) is 5.03. The van der Waals surface area contributed by atoms with E-state index in [1.807, 2.05) is 17.4 Å². The van der Waals surface area contributed by atoms with Gasteiger partial charge in [-0.3, -0.25) is 4.90 Å².